The van der Waals surface area contributed by atoms with Crippen LogP contribution in [0, 0.1) is 0 Å². The minimum absolute atomic E-state index is 0.389. The summed E-state index contributed by atoms with van der Waals surface area (Å²) >= 11 is 3.11. The molecule has 2 aromatic heterocycles. The minimum Gasteiger partial charge on any atom is -0.485 e. The van der Waals surface area contributed by atoms with E-state index in [0.717, 1.165) is 43.9 Å². The zero-order chi connectivity index (χ0) is 29.4. The van der Waals surface area contributed by atoms with Crippen LogP contribution in [-0.2, 0) is 9.59 Å². The highest BCUT2D eigenvalue weighted by Gasteiger charge is 2.31. The van der Waals surface area contributed by atoms with Crippen molar-refractivity contribution in [2.75, 3.05) is 26.4 Å². The third kappa shape index (κ3) is 3.88. The minimum atomic E-state index is -0.454. The molecule has 10 heteroatoms. The van der Waals surface area contributed by atoms with Gasteiger partial charge in [-0.1, -0.05) is 48.5 Å². The second-order valence-corrected chi connectivity index (χ2v) is 12.2. The third-order valence-electron chi connectivity index (χ3n) is 7.91. The molecule has 8 nitrogen and oxygen atoms in total. The molecule has 0 radical (unpaired) electrons. The molecule has 0 unspecified atom stereocenters. The largest absolute Gasteiger partial charge is 0.485 e. The predicted octanol–water partition coefficient (Wildman–Crippen LogP) is 4.92. The van der Waals surface area contributed by atoms with Gasteiger partial charge in [-0.2, -0.15) is 0 Å². The lowest BCUT2D eigenvalue weighted by atomic mass is 9.99. The van der Waals surface area contributed by atoms with Gasteiger partial charge in [0.2, 0.25) is 0 Å². The monoisotopic (exact) mass is 620 g/mol. The molecule has 6 heterocycles. The molecule has 0 amide bonds. The van der Waals surface area contributed by atoms with Gasteiger partial charge in [0, 0.05) is 21.2 Å². The summed E-state index contributed by atoms with van der Waals surface area (Å²) in [4.78, 5) is 28.2. The second kappa shape index (κ2) is 9.73. The number of fused-ring (bicyclic) bond motifs is 4. The van der Waals surface area contributed by atoms with E-state index >= 15 is 0 Å². The molecule has 0 saturated heterocycles. The van der Waals surface area contributed by atoms with Crippen LogP contribution in [0.4, 0.5) is 0 Å². The van der Waals surface area contributed by atoms with Crippen LogP contribution in [0.15, 0.2) is 71.4 Å². The van der Waals surface area contributed by atoms with E-state index < -0.39 is 11.9 Å². The van der Waals surface area contributed by atoms with Gasteiger partial charge in [0.25, 0.3) is 0 Å². The lowest BCUT2D eigenvalue weighted by Crippen LogP contribution is -2.14. The number of thiophene rings is 2. The Balaban J connectivity index is 1.08. The highest BCUT2D eigenvalue weighted by Crippen LogP contribution is 2.47. The van der Waals surface area contributed by atoms with Gasteiger partial charge in [-0.3, -0.25) is 0 Å². The first-order chi connectivity index (χ1) is 21.6. The summed E-state index contributed by atoms with van der Waals surface area (Å²) in [6.45, 7) is 2.10. The Labute approximate surface area is 257 Å². The number of hydrogen-bond acceptors (Lipinski definition) is 10. The fraction of sp³-hybridized carbons (Fsp3) is 0.118. The summed E-state index contributed by atoms with van der Waals surface area (Å²) in [5, 5.41) is 5.06. The second-order valence-electron chi connectivity index (χ2n) is 10.4. The maximum absolute atomic E-state index is 13.1. The van der Waals surface area contributed by atoms with Crippen LogP contribution in [0.1, 0.15) is 11.1 Å². The molecule has 0 atom stereocenters. The summed E-state index contributed by atoms with van der Waals surface area (Å²) in [5.74, 6) is 2.88. The molecular weight excluding hydrogens is 601 g/mol. The van der Waals surface area contributed by atoms with Gasteiger partial charge in [0.1, 0.15) is 37.9 Å². The van der Waals surface area contributed by atoms with E-state index in [2.05, 4.69) is 0 Å². The van der Waals surface area contributed by atoms with Crippen LogP contribution >= 0.6 is 22.7 Å². The summed E-state index contributed by atoms with van der Waals surface area (Å²) < 4.78 is 34.4. The molecule has 0 fully saturated rings. The van der Waals surface area contributed by atoms with Crippen molar-refractivity contribution in [1.29, 1.82) is 0 Å². The maximum Gasteiger partial charge on any atom is 0.344 e. The summed E-state index contributed by atoms with van der Waals surface area (Å²) in [5.41, 5.74) is 4.17. The fourth-order valence-electron chi connectivity index (χ4n) is 5.89. The van der Waals surface area contributed by atoms with Crippen LogP contribution in [-0.4, -0.2) is 38.4 Å². The maximum atomic E-state index is 13.1. The van der Waals surface area contributed by atoms with Crippen molar-refractivity contribution in [3.8, 4) is 55.4 Å². The molecule has 3 aromatic carbocycles. The average molecular weight is 621 g/mol. The Kier molecular flexibility index (Phi) is 5.63. The van der Waals surface area contributed by atoms with Gasteiger partial charge in [0.05, 0.1) is 20.9 Å². The standard InChI is InChI=1S/C34H20O8S2/c35-33-27(17-1-5-19(6-2-17)31-29-25(15-43-31)37-9-11-39-29)21-13-24-22(14-23(21)41-33)28(34(36)42-24)18-3-7-20(8-4-18)32-30-26(16-44-32)38-10-12-40-30/h1-8,13-16H,9-12H2. The van der Waals surface area contributed by atoms with Crippen molar-refractivity contribution in [3.05, 3.63) is 93.0 Å². The van der Waals surface area contributed by atoms with Crippen molar-refractivity contribution in [1.82, 2.24) is 0 Å². The zero-order valence-electron chi connectivity index (χ0n) is 22.8. The topological polar surface area (TPSA) is 89.5 Å². The Bertz CT molecular complexity index is 2000. The molecule has 9 rings (SSSR count). The molecule has 4 aliphatic rings. The first-order valence-corrected chi connectivity index (χ1v) is 15.7. The van der Waals surface area contributed by atoms with Crippen LogP contribution in [0.25, 0.3) is 32.0 Å². The van der Waals surface area contributed by atoms with Gasteiger partial charge in [-0.15, -0.1) is 22.7 Å². The van der Waals surface area contributed by atoms with Crippen molar-refractivity contribution >= 4 is 45.8 Å². The van der Waals surface area contributed by atoms with E-state index in [1.807, 2.05) is 59.3 Å². The normalized spacial score (nSPS) is 16.0. The van der Waals surface area contributed by atoms with E-state index in [0.29, 0.717) is 70.6 Å². The number of rotatable bonds is 4. The highest BCUT2D eigenvalue weighted by molar-refractivity contribution is 7.14. The molecule has 0 spiro atoms. The molecule has 5 aromatic rings. The zero-order valence-corrected chi connectivity index (χ0v) is 24.5. The molecule has 4 aliphatic heterocycles. The number of carbonyl (C=O) groups excluding carboxylic acids is 2. The lowest BCUT2D eigenvalue weighted by molar-refractivity contribution is -0.128. The number of carbonyl (C=O) groups is 2. The van der Waals surface area contributed by atoms with E-state index in [-0.39, 0.29) is 0 Å². The first kappa shape index (κ1) is 25.4. The van der Waals surface area contributed by atoms with E-state index in [4.69, 9.17) is 28.4 Å². The number of hydrogen-bond donors (Lipinski definition) is 0. The molecule has 0 aliphatic carbocycles. The number of ether oxygens (including phenoxy) is 6. The quantitative estimate of drug-likeness (QED) is 0.207. The Morgan fingerprint density at radius 2 is 0.864 bits per heavy atom. The predicted molar refractivity (Wildman–Crippen MR) is 163 cm³/mol. The van der Waals surface area contributed by atoms with Gasteiger partial charge < -0.3 is 28.4 Å². The van der Waals surface area contributed by atoms with E-state index in [9.17, 15) is 9.59 Å². The van der Waals surface area contributed by atoms with Gasteiger partial charge in [-0.05, 0) is 34.4 Å². The van der Waals surface area contributed by atoms with Crippen LogP contribution in [0.2, 0.25) is 0 Å². The molecule has 0 bridgehead atoms. The summed E-state index contributed by atoms with van der Waals surface area (Å²) in [6.07, 6.45) is 0. The van der Waals surface area contributed by atoms with Crippen molar-refractivity contribution in [2.24, 2.45) is 0 Å². The van der Waals surface area contributed by atoms with Gasteiger partial charge in [0.15, 0.2) is 23.0 Å². The lowest BCUT2D eigenvalue weighted by Gasteiger charge is -2.16. The molecule has 0 N–H and O–H groups in total. The molecular formula is C34H20O8S2. The van der Waals surface area contributed by atoms with Crippen molar-refractivity contribution in [3.63, 3.8) is 0 Å². The van der Waals surface area contributed by atoms with Crippen LogP contribution < -0.4 is 38.9 Å². The molecule has 0 saturated carbocycles. The Morgan fingerprint density at radius 1 is 0.477 bits per heavy atom. The summed E-state index contributed by atoms with van der Waals surface area (Å²) in [6, 6.07) is 18.8. The molecule has 44 heavy (non-hydrogen) atoms. The van der Waals surface area contributed by atoms with Crippen LogP contribution in [0.3, 0.4) is 0 Å². The average Bonchev–Trinajstić information content (AvgIpc) is 3.82. The van der Waals surface area contributed by atoms with Gasteiger partial charge in [-0.25, -0.2) is 9.59 Å². The van der Waals surface area contributed by atoms with E-state index in [1.54, 1.807) is 34.8 Å². The van der Waals surface area contributed by atoms with E-state index in [1.165, 1.54) is 0 Å². The Morgan fingerprint density at radius 3 is 1.30 bits per heavy atom. The first-order valence-electron chi connectivity index (χ1n) is 14.0. The van der Waals surface area contributed by atoms with Crippen LogP contribution in [0.5, 0.6) is 34.5 Å². The SMILES string of the molecule is O=C1Oc2cc3c(cc2=C1c1ccc(-c2scc4c2OCCO4)cc1)OC(=O)C=3c1ccc(-c2scc3c2OCCO3)cc1. The highest BCUT2D eigenvalue weighted by atomic mass is 32.1. The van der Waals surface area contributed by atoms with Gasteiger partial charge >= 0.3 is 11.9 Å². The third-order valence-corrected chi connectivity index (χ3v) is 9.89. The number of benzene rings is 3. The fourth-order valence-corrected chi connectivity index (χ4v) is 7.77. The number of esters is 2. The Hall–Kier alpha value is -5.06. The summed E-state index contributed by atoms with van der Waals surface area (Å²) in [7, 11) is 0. The smallest absolute Gasteiger partial charge is 0.344 e. The van der Waals surface area contributed by atoms with Crippen molar-refractivity contribution < 1.29 is 38.0 Å². The molecule has 216 valence electrons. The van der Waals surface area contributed by atoms with Crippen molar-refractivity contribution in [2.45, 2.75) is 0 Å².